The lowest BCUT2D eigenvalue weighted by molar-refractivity contribution is 0.0688. The smallest absolute Gasteiger partial charge is 0.353 e. The molecule has 1 aromatic heterocycles. The van der Waals surface area contributed by atoms with Gasteiger partial charge in [0.2, 0.25) is 0 Å². The number of nitrogens with zero attached hydrogens (tertiary/aromatic N) is 1. The molecule has 1 N–H and O–H groups in total. The normalized spacial score (nSPS) is 11.0. The Morgan fingerprint density at radius 1 is 1.05 bits per heavy atom. The van der Waals surface area contributed by atoms with E-state index in [-0.39, 0.29) is 5.69 Å². The van der Waals surface area contributed by atoms with E-state index in [1.54, 1.807) is 35.9 Å². The minimum Gasteiger partial charge on any atom is -0.477 e. The van der Waals surface area contributed by atoms with Crippen LogP contribution in [0.25, 0.3) is 22.0 Å². The van der Waals surface area contributed by atoms with Gasteiger partial charge in [-0.1, -0.05) is 35.3 Å². The van der Waals surface area contributed by atoms with Gasteiger partial charge in [-0.05, 0) is 35.9 Å². The number of hydrogen-bond donors (Lipinski definition) is 1. The molecule has 3 aromatic rings. The molecule has 0 amide bonds. The molecule has 0 spiro atoms. The number of carboxylic acids is 1. The lowest BCUT2D eigenvalue weighted by Crippen LogP contribution is -2.05. The van der Waals surface area contributed by atoms with Gasteiger partial charge in [-0.15, -0.1) is 0 Å². The van der Waals surface area contributed by atoms with E-state index in [0.717, 1.165) is 16.5 Å². The van der Waals surface area contributed by atoms with Crippen LogP contribution in [-0.2, 0) is 7.05 Å². The molecule has 3 rings (SSSR count). The van der Waals surface area contributed by atoms with Crippen molar-refractivity contribution in [2.24, 2.45) is 7.05 Å². The molecule has 0 aliphatic rings. The quantitative estimate of drug-likeness (QED) is 0.733. The molecule has 5 heteroatoms. The molecule has 0 unspecified atom stereocenters. The van der Waals surface area contributed by atoms with E-state index in [4.69, 9.17) is 23.2 Å². The molecule has 0 bridgehead atoms. The number of benzene rings is 2. The van der Waals surface area contributed by atoms with Crippen molar-refractivity contribution in [1.29, 1.82) is 0 Å². The average Bonchev–Trinajstić information content (AvgIpc) is 2.72. The van der Waals surface area contributed by atoms with Gasteiger partial charge in [0.05, 0.1) is 0 Å². The fraction of sp³-hybridized carbons (Fsp3) is 0.0625. The summed E-state index contributed by atoms with van der Waals surface area (Å²) in [4.78, 5) is 11.7. The van der Waals surface area contributed by atoms with Crippen LogP contribution in [-0.4, -0.2) is 15.6 Å². The van der Waals surface area contributed by atoms with Crippen LogP contribution in [0.5, 0.6) is 0 Å². The molecule has 1 heterocycles. The highest BCUT2D eigenvalue weighted by Gasteiger charge is 2.21. The largest absolute Gasteiger partial charge is 0.477 e. The van der Waals surface area contributed by atoms with E-state index in [0.29, 0.717) is 15.6 Å². The van der Waals surface area contributed by atoms with Crippen LogP contribution >= 0.6 is 23.2 Å². The highest BCUT2D eigenvalue weighted by Crippen LogP contribution is 2.36. The summed E-state index contributed by atoms with van der Waals surface area (Å²) in [6.45, 7) is 0. The topological polar surface area (TPSA) is 42.2 Å². The Morgan fingerprint density at radius 2 is 1.67 bits per heavy atom. The van der Waals surface area contributed by atoms with E-state index in [2.05, 4.69) is 0 Å². The van der Waals surface area contributed by atoms with Gasteiger partial charge < -0.3 is 9.67 Å². The molecule has 106 valence electrons. The van der Waals surface area contributed by atoms with Crippen LogP contribution in [0, 0.1) is 0 Å². The van der Waals surface area contributed by atoms with E-state index in [1.807, 2.05) is 18.2 Å². The van der Waals surface area contributed by atoms with Gasteiger partial charge in [0.25, 0.3) is 0 Å². The van der Waals surface area contributed by atoms with Crippen LogP contribution < -0.4 is 0 Å². The molecular weight excluding hydrogens is 309 g/mol. The molecule has 0 saturated carbocycles. The molecule has 21 heavy (non-hydrogen) atoms. The minimum absolute atomic E-state index is 0.231. The lowest BCUT2D eigenvalue weighted by Gasteiger charge is -2.04. The third-order valence-corrected chi connectivity index (χ3v) is 3.98. The molecule has 3 nitrogen and oxygen atoms in total. The zero-order valence-electron chi connectivity index (χ0n) is 11.1. The van der Waals surface area contributed by atoms with Crippen LogP contribution in [0.2, 0.25) is 10.0 Å². The maximum Gasteiger partial charge on any atom is 0.353 e. The molecule has 0 radical (unpaired) electrons. The first-order chi connectivity index (χ1) is 9.99. The zero-order chi connectivity index (χ0) is 15.1. The van der Waals surface area contributed by atoms with Crippen molar-refractivity contribution >= 4 is 40.1 Å². The number of aromatic carboxylic acids is 1. The predicted octanol–water partition coefficient (Wildman–Crippen LogP) is 4.85. The third kappa shape index (κ3) is 2.28. The number of carbonyl (C=O) groups is 1. The van der Waals surface area contributed by atoms with Crippen molar-refractivity contribution in [1.82, 2.24) is 4.57 Å². The second-order valence-electron chi connectivity index (χ2n) is 4.76. The number of fused-ring (bicyclic) bond motifs is 1. The van der Waals surface area contributed by atoms with Gasteiger partial charge in [0.15, 0.2) is 0 Å². The van der Waals surface area contributed by atoms with Crippen molar-refractivity contribution in [2.45, 2.75) is 0 Å². The Labute approximate surface area is 131 Å². The summed E-state index contributed by atoms with van der Waals surface area (Å²) in [6.07, 6.45) is 0. The van der Waals surface area contributed by atoms with Crippen molar-refractivity contribution in [2.75, 3.05) is 0 Å². The Morgan fingerprint density at radius 3 is 2.29 bits per heavy atom. The first kappa shape index (κ1) is 14.0. The van der Waals surface area contributed by atoms with E-state index < -0.39 is 5.97 Å². The Bertz CT molecular complexity index is 851. The second-order valence-corrected chi connectivity index (χ2v) is 5.63. The first-order valence-corrected chi connectivity index (χ1v) is 7.02. The Balaban J connectivity index is 2.43. The molecule has 0 fully saturated rings. The van der Waals surface area contributed by atoms with Gasteiger partial charge in [-0.3, -0.25) is 0 Å². The van der Waals surface area contributed by atoms with Crippen molar-refractivity contribution < 1.29 is 9.90 Å². The Hall–Kier alpha value is -1.97. The van der Waals surface area contributed by atoms with Gasteiger partial charge in [0.1, 0.15) is 5.69 Å². The summed E-state index contributed by atoms with van der Waals surface area (Å²) in [6, 6.07) is 12.5. The number of hydrogen-bond acceptors (Lipinski definition) is 1. The highest BCUT2D eigenvalue weighted by molar-refractivity contribution is 6.32. The zero-order valence-corrected chi connectivity index (χ0v) is 12.6. The molecule has 0 aliphatic heterocycles. The lowest BCUT2D eigenvalue weighted by atomic mass is 10.0. The molecule has 0 aliphatic carbocycles. The monoisotopic (exact) mass is 319 g/mol. The molecule has 0 atom stereocenters. The SMILES string of the molecule is Cn1c(C(=O)O)c(-c2ccc(Cl)cc2)c2cc(Cl)ccc21. The number of carboxylic acid groups (broad SMARTS) is 1. The second kappa shape index (κ2) is 5.10. The summed E-state index contributed by atoms with van der Waals surface area (Å²) in [5.74, 6) is -0.977. The van der Waals surface area contributed by atoms with Crippen LogP contribution in [0.15, 0.2) is 42.5 Å². The van der Waals surface area contributed by atoms with E-state index >= 15 is 0 Å². The molecular formula is C16H11Cl2NO2. The minimum atomic E-state index is -0.977. The Kier molecular flexibility index (Phi) is 3.40. The third-order valence-electron chi connectivity index (χ3n) is 3.50. The molecule has 2 aromatic carbocycles. The maximum atomic E-state index is 11.7. The van der Waals surface area contributed by atoms with Crippen molar-refractivity contribution in [3.05, 3.63) is 58.2 Å². The standard InChI is InChI=1S/C16H11Cl2NO2/c1-19-13-7-6-11(18)8-12(13)14(15(19)16(20)21)9-2-4-10(17)5-3-9/h2-8H,1H3,(H,20,21). The van der Waals surface area contributed by atoms with Crippen LogP contribution in [0.1, 0.15) is 10.5 Å². The fourth-order valence-electron chi connectivity index (χ4n) is 2.58. The average molecular weight is 320 g/mol. The number of rotatable bonds is 2. The van der Waals surface area contributed by atoms with Gasteiger partial charge >= 0.3 is 5.97 Å². The van der Waals surface area contributed by atoms with E-state index in [1.165, 1.54) is 0 Å². The summed E-state index contributed by atoms with van der Waals surface area (Å²) < 4.78 is 1.66. The number of halogens is 2. The van der Waals surface area contributed by atoms with Crippen molar-refractivity contribution in [3.63, 3.8) is 0 Å². The fourth-order valence-corrected chi connectivity index (χ4v) is 2.87. The summed E-state index contributed by atoms with van der Waals surface area (Å²) in [5, 5.41) is 11.5. The number of aryl methyl sites for hydroxylation is 1. The van der Waals surface area contributed by atoms with E-state index in [9.17, 15) is 9.90 Å². The summed E-state index contributed by atoms with van der Waals surface area (Å²) in [5.41, 5.74) is 2.50. The van der Waals surface area contributed by atoms with Crippen LogP contribution in [0.4, 0.5) is 0 Å². The van der Waals surface area contributed by atoms with Gasteiger partial charge in [-0.25, -0.2) is 4.79 Å². The number of aromatic nitrogens is 1. The van der Waals surface area contributed by atoms with Gasteiger partial charge in [0, 0.05) is 33.6 Å². The predicted molar refractivity (Wildman–Crippen MR) is 85.3 cm³/mol. The highest BCUT2D eigenvalue weighted by atomic mass is 35.5. The maximum absolute atomic E-state index is 11.7. The summed E-state index contributed by atoms with van der Waals surface area (Å²) in [7, 11) is 1.74. The summed E-state index contributed by atoms with van der Waals surface area (Å²) >= 11 is 12.0. The first-order valence-electron chi connectivity index (χ1n) is 6.26. The van der Waals surface area contributed by atoms with Crippen LogP contribution in [0.3, 0.4) is 0 Å². The van der Waals surface area contributed by atoms with Crippen molar-refractivity contribution in [3.8, 4) is 11.1 Å². The molecule has 0 saturated heterocycles. The van der Waals surface area contributed by atoms with Gasteiger partial charge in [-0.2, -0.15) is 0 Å².